The largest absolute Gasteiger partial charge is 0.453 e. The summed E-state index contributed by atoms with van der Waals surface area (Å²) in [6.07, 6.45) is 2.79. The molecule has 2 aliphatic rings. The number of anilines is 1. The van der Waals surface area contributed by atoms with E-state index in [9.17, 15) is 14.7 Å². The number of carbonyl (C=O) groups is 2. The number of aliphatic hydroxyl groups excluding tert-OH is 1. The van der Waals surface area contributed by atoms with Crippen LogP contribution >= 0.6 is 0 Å². The van der Waals surface area contributed by atoms with Gasteiger partial charge in [0.25, 0.3) is 5.91 Å². The van der Waals surface area contributed by atoms with E-state index in [1.165, 1.54) is 33.1 Å². The summed E-state index contributed by atoms with van der Waals surface area (Å²) in [6, 6.07) is 15.2. The smallest absolute Gasteiger partial charge is 0.303 e. The number of aliphatic hydroxyl groups is 1. The maximum absolute atomic E-state index is 12.4. The number of nitrogens with zero attached hydrogens (tertiary/aromatic N) is 1. The second-order valence-electron chi connectivity index (χ2n) is 9.58. The molecule has 2 heterocycles. The highest BCUT2D eigenvalue weighted by molar-refractivity contribution is 5.95. The molecule has 0 radical (unpaired) electrons. The minimum absolute atomic E-state index is 0.00368. The Hall–Kier alpha value is -2.78. The van der Waals surface area contributed by atoms with Crippen molar-refractivity contribution in [2.45, 2.75) is 70.7 Å². The molecule has 36 heavy (non-hydrogen) atoms. The zero-order valence-corrected chi connectivity index (χ0v) is 21.0. The van der Waals surface area contributed by atoms with E-state index in [2.05, 4.69) is 10.2 Å². The van der Waals surface area contributed by atoms with Crippen molar-refractivity contribution in [1.82, 2.24) is 4.90 Å². The number of nitrogens with one attached hydrogen (secondary N) is 1. The normalized spacial score (nSPS) is 23.6. The van der Waals surface area contributed by atoms with E-state index < -0.39 is 24.3 Å². The van der Waals surface area contributed by atoms with Gasteiger partial charge in [0.1, 0.15) is 0 Å². The van der Waals surface area contributed by atoms with Crippen LogP contribution in [0.3, 0.4) is 0 Å². The van der Waals surface area contributed by atoms with Crippen LogP contribution in [0, 0.1) is 0 Å². The summed E-state index contributed by atoms with van der Waals surface area (Å²) in [5, 5.41) is 12.2. The second kappa shape index (κ2) is 12.5. The average Bonchev–Trinajstić information content (AvgIpc) is 2.89. The number of hydrogen-bond acceptors (Lipinski definition) is 7. The molecule has 4 atom stereocenters. The molecule has 0 spiro atoms. The van der Waals surface area contributed by atoms with E-state index in [1.807, 2.05) is 42.5 Å². The Morgan fingerprint density at radius 3 is 2.53 bits per heavy atom. The lowest BCUT2D eigenvalue weighted by atomic mass is 9.99. The molecule has 8 heteroatoms. The zero-order chi connectivity index (χ0) is 25.5. The third-order valence-electron chi connectivity index (χ3n) is 6.66. The second-order valence-corrected chi connectivity index (χ2v) is 9.58. The summed E-state index contributed by atoms with van der Waals surface area (Å²) in [4.78, 5) is 26.1. The number of ether oxygens (including phenoxy) is 3. The van der Waals surface area contributed by atoms with Gasteiger partial charge in [0.05, 0.1) is 18.8 Å². The molecule has 194 valence electrons. The highest BCUT2D eigenvalue weighted by Crippen LogP contribution is 2.38. The molecule has 4 rings (SSSR count). The van der Waals surface area contributed by atoms with Crippen LogP contribution in [-0.2, 0) is 30.4 Å². The Balaban J connectivity index is 1.51. The third kappa shape index (κ3) is 7.13. The van der Waals surface area contributed by atoms with Crippen LogP contribution in [0.25, 0.3) is 0 Å². The summed E-state index contributed by atoms with van der Waals surface area (Å²) in [6.45, 7) is 5.83. The standard InChI is InChI=1S/C28H36N2O6/c1-19(34-20(2)32)27(33)29-24-8-6-7-23(15-24)28-35-25(17-30-13-4-3-5-14-30)16-26(36-28)22-11-9-21(18-31)10-12-22/h6-12,15,19,25-26,28,31H,3-5,13-14,16-18H2,1-2H3,(H,29,33)/t19-,25+,26-,28-/m0/s1. The average molecular weight is 497 g/mol. The number of hydrogen-bond donors (Lipinski definition) is 2. The van der Waals surface area contributed by atoms with E-state index in [0.29, 0.717) is 5.69 Å². The van der Waals surface area contributed by atoms with Crippen molar-refractivity contribution in [3.05, 3.63) is 65.2 Å². The molecule has 1 amide bonds. The predicted octanol–water partition coefficient (Wildman–Crippen LogP) is 4.10. The third-order valence-corrected chi connectivity index (χ3v) is 6.66. The summed E-state index contributed by atoms with van der Waals surface area (Å²) < 4.78 is 17.8. The van der Waals surface area contributed by atoms with Crippen molar-refractivity contribution >= 4 is 17.6 Å². The van der Waals surface area contributed by atoms with Gasteiger partial charge in [-0.15, -0.1) is 0 Å². The number of benzene rings is 2. The highest BCUT2D eigenvalue weighted by Gasteiger charge is 2.33. The van der Waals surface area contributed by atoms with E-state index in [4.69, 9.17) is 14.2 Å². The molecule has 0 bridgehead atoms. The molecular weight excluding hydrogens is 460 g/mol. The lowest BCUT2D eigenvalue weighted by Crippen LogP contribution is -2.41. The zero-order valence-electron chi connectivity index (χ0n) is 21.0. The summed E-state index contributed by atoms with van der Waals surface area (Å²) in [7, 11) is 0. The lowest BCUT2D eigenvalue weighted by molar-refractivity contribution is -0.253. The molecule has 2 aromatic carbocycles. The number of rotatable bonds is 8. The Bertz CT molecular complexity index is 1020. The molecule has 0 aliphatic carbocycles. The van der Waals surface area contributed by atoms with Gasteiger partial charge in [-0.05, 0) is 56.1 Å². The summed E-state index contributed by atoms with van der Waals surface area (Å²) in [5.74, 6) is -0.911. The van der Waals surface area contributed by atoms with E-state index in [0.717, 1.165) is 42.7 Å². The van der Waals surface area contributed by atoms with Crippen molar-refractivity contribution in [2.24, 2.45) is 0 Å². The quantitative estimate of drug-likeness (QED) is 0.531. The Labute approximate surface area is 212 Å². The fourth-order valence-electron chi connectivity index (χ4n) is 4.77. The Kier molecular flexibility index (Phi) is 9.09. The van der Waals surface area contributed by atoms with Crippen LogP contribution in [0.5, 0.6) is 0 Å². The fraction of sp³-hybridized carbons (Fsp3) is 0.500. The highest BCUT2D eigenvalue weighted by atomic mass is 16.7. The van der Waals surface area contributed by atoms with Crippen molar-refractivity contribution < 1.29 is 28.9 Å². The Morgan fingerprint density at radius 1 is 1.08 bits per heavy atom. The first-order valence-corrected chi connectivity index (χ1v) is 12.7. The lowest BCUT2D eigenvalue weighted by Gasteiger charge is -2.39. The van der Waals surface area contributed by atoms with Crippen molar-refractivity contribution in [3.63, 3.8) is 0 Å². The minimum atomic E-state index is -0.895. The van der Waals surface area contributed by atoms with Gasteiger partial charge < -0.3 is 29.5 Å². The number of amides is 1. The van der Waals surface area contributed by atoms with Gasteiger partial charge in [-0.2, -0.15) is 0 Å². The molecule has 2 fully saturated rings. The molecule has 2 aromatic rings. The molecule has 0 unspecified atom stereocenters. The van der Waals surface area contributed by atoms with Crippen LogP contribution in [0.2, 0.25) is 0 Å². The van der Waals surface area contributed by atoms with Crippen LogP contribution in [0.4, 0.5) is 5.69 Å². The topological polar surface area (TPSA) is 97.3 Å². The first-order chi connectivity index (χ1) is 17.4. The predicted molar refractivity (Wildman–Crippen MR) is 135 cm³/mol. The van der Waals surface area contributed by atoms with Gasteiger partial charge in [-0.1, -0.05) is 42.8 Å². The van der Waals surface area contributed by atoms with E-state index in [-0.39, 0.29) is 18.8 Å². The van der Waals surface area contributed by atoms with Crippen molar-refractivity contribution in [3.8, 4) is 0 Å². The molecule has 0 aromatic heterocycles. The van der Waals surface area contributed by atoms with Crippen molar-refractivity contribution in [2.75, 3.05) is 25.0 Å². The first-order valence-electron chi connectivity index (χ1n) is 12.7. The molecule has 2 saturated heterocycles. The van der Waals surface area contributed by atoms with Gasteiger partial charge in [0, 0.05) is 31.1 Å². The van der Waals surface area contributed by atoms with Crippen LogP contribution in [0.15, 0.2) is 48.5 Å². The monoisotopic (exact) mass is 496 g/mol. The minimum Gasteiger partial charge on any atom is -0.453 e. The van der Waals surface area contributed by atoms with Gasteiger partial charge in [0.15, 0.2) is 12.4 Å². The number of likely N-dealkylation sites (tertiary alicyclic amines) is 1. The van der Waals surface area contributed by atoms with E-state index in [1.54, 1.807) is 6.07 Å². The summed E-state index contributed by atoms with van der Waals surface area (Å²) >= 11 is 0. The fourth-order valence-corrected chi connectivity index (χ4v) is 4.77. The van der Waals surface area contributed by atoms with Gasteiger partial charge >= 0.3 is 5.97 Å². The van der Waals surface area contributed by atoms with Crippen LogP contribution < -0.4 is 5.32 Å². The van der Waals surface area contributed by atoms with Gasteiger partial charge in [-0.25, -0.2) is 0 Å². The maximum Gasteiger partial charge on any atom is 0.303 e. The number of carbonyl (C=O) groups excluding carboxylic acids is 2. The van der Waals surface area contributed by atoms with Gasteiger partial charge in [-0.3, -0.25) is 9.59 Å². The van der Waals surface area contributed by atoms with Crippen LogP contribution in [-0.4, -0.2) is 53.7 Å². The molecule has 8 nitrogen and oxygen atoms in total. The van der Waals surface area contributed by atoms with E-state index >= 15 is 0 Å². The number of esters is 1. The number of piperidine rings is 1. The molecular formula is C28H36N2O6. The molecule has 2 N–H and O–H groups in total. The molecule has 0 saturated carbocycles. The van der Waals surface area contributed by atoms with Gasteiger partial charge in [0.2, 0.25) is 0 Å². The van der Waals surface area contributed by atoms with Crippen LogP contribution in [0.1, 0.15) is 68.6 Å². The molecule has 2 aliphatic heterocycles. The first kappa shape index (κ1) is 26.3. The van der Waals surface area contributed by atoms with Crippen molar-refractivity contribution in [1.29, 1.82) is 0 Å². The SMILES string of the molecule is CC(=O)O[C@@H](C)C(=O)Nc1cccc([C@H]2O[C@@H](CN3CCCCC3)C[C@@H](c3ccc(CO)cc3)O2)c1. The Morgan fingerprint density at radius 2 is 1.83 bits per heavy atom. The summed E-state index contributed by atoms with van der Waals surface area (Å²) in [5.41, 5.74) is 3.28. The maximum atomic E-state index is 12.4.